The third-order valence-electron chi connectivity index (χ3n) is 3.49. The Morgan fingerprint density at radius 2 is 2.18 bits per heavy atom. The van der Waals surface area contributed by atoms with Crippen LogP contribution in [-0.2, 0) is 4.74 Å². The van der Waals surface area contributed by atoms with Crippen molar-refractivity contribution in [3.8, 4) is 0 Å². The summed E-state index contributed by atoms with van der Waals surface area (Å²) >= 11 is 0. The summed E-state index contributed by atoms with van der Waals surface area (Å²) in [5.41, 5.74) is 0.384. The lowest BCUT2D eigenvalue weighted by molar-refractivity contribution is 0.0958. The first-order chi connectivity index (χ1) is 8.15. The number of ether oxygens (including phenoxy) is 1. The number of halogens is 2. The van der Waals surface area contributed by atoms with Crippen LogP contribution in [0, 0.1) is 17.6 Å². The highest BCUT2D eigenvalue weighted by Gasteiger charge is 2.33. The van der Waals surface area contributed by atoms with Gasteiger partial charge in [0.15, 0.2) is 11.6 Å². The summed E-state index contributed by atoms with van der Waals surface area (Å²) in [7, 11) is 1.76. The van der Waals surface area contributed by atoms with Crippen LogP contribution in [0.3, 0.4) is 0 Å². The minimum Gasteiger partial charge on any atom is -0.378 e. The molecule has 0 radical (unpaired) electrons. The van der Waals surface area contributed by atoms with Gasteiger partial charge in [0.1, 0.15) is 0 Å². The zero-order valence-electron chi connectivity index (χ0n) is 10.0. The lowest BCUT2D eigenvalue weighted by Gasteiger charge is -2.26. The van der Waals surface area contributed by atoms with E-state index in [-0.39, 0.29) is 18.1 Å². The summed E-state index contributed by atoms with van der Waals surface area (Å²) in [6.45, 7) is 2.65. The van der Waals surface area contributed by atoms with E-state index in [0.29, 0.717) is 12.2 Å². The lowest BCUT2D eigenvalue weighted by Crippen LogP contribution is -2.30. The molecule has 1 aliphatic heterocycles. The normalized spacial score (nSPS) is 26.1. The lowest BCUT2D eigenvalue weighted by atomic mass is 9.88. The summed E-state index contributed by atoms with van der Waals surface area (Å²) in [6.07, 6.45) is 0.929. The SMILES string of the molecule is CNC(c1cccc(F)c1F)C1CCOC1C. The van der Waals surface area contributed by atoms with E-state index in [0.717, 1.165) is 12.5 Å². The molecule has 1 aromatic carbocycles. The maximum absolute atomic E-state index is 13.8. The average molecular weight is 241 g/mol. The Bertz CT molecular complexity index is 397. The van der Waals surface area contributed by atoms with Crippen LogP contribution in [0.15, 0.2) is 18.2 Å². The smallest absolute Gasteiger partial charge is 0.163 e. The summed E-state index contributed by atoms with van der Waals surface area (Å²) < 4.78 is 32.5. The van der Waals surface area contributed by atoms with Gasteiger partial charge in [0.05, 0.1) is 6.10 Å². The maximum atomic E-state index is 13.8. The highest BCUT2D eigenvalue weighted by Crippen LogP contribution is 2.34. The van der Waals surface area contributed by atoms with Gasteiger partial charge in [-0.25, -0.2) is 8.78 Å². The van der Waals surface area contributed by atoms with Crippen LogP contribution in [0.1, 0.15) is 24.9 Å². The predicted octanol–water partition coefficient (Wildman–Crippen LogP) is 2.65. The van der Waals surface area contributed by atoms with Crippen LogP contribution in [-0.4, -0.2) is 19.8 Å². The molecule has 1 saturated heterocycles. The molecule has 1 fully saturated rings. The topological polar surface area (TPSA) is 21.3 Å². The molecule has 3 unspecified atom stereocenters. The molecule has 0 aromatic heterocycles. The summed E-state index contributed by atoms with van der Waals surface area (Å²) in [4.78, 5) is 0. The third-order valence-corrected chi connectivity index (χ3v) is 3.49. The van der Waals surface area contributed by atoms with Crippen molar-refractivity contribution in [2.45, 2.75) is 25.5 Å². The van der Waals surface area contributed by atoms with Crippen molar-refractivity contribution in [1.29, 1.82) is 0 Å². The van der Waals surface area contributed by atoms with Gasteiger partial charge in [0, 0.05) is 24.1 Å². The van der Waals surface area contributed by atoms with E-state index in [1.54, 1.807) is 19.2 Å². The highest BCUT2D eigenvalue weighted by molar-refractivity contribution is 5.23. The third kappa shape index (κ3) is 2.33. The molecule has 3 atom stereocenters. The van der Waals surface area contributed by atoms with Crippen LogP contribution >= 0.6 is 0 Å². The number of benzene rings is 1. The number of nitrogens with one attached hydrogen (secondary N) is 1. The van der Waals surface area contributed by atoms with E-state index >= 15 is 0 Å². The Hall–Kier alpha value is -1.00. The van der Waals surface area contributed by atoms with Crippen molar-refractivity contribution < 1.29 is 13.5 Å². The van der Waals surface area contributed by atoms with Gasteiger partial charge in [-0.2, -0.15) is 0 Å². The van der Waals surface area contributed by atoms with Gasteiger partial charge in [-0.1, -0.05) is 12.1 Å². The molecule has 2 nitrogen and oxygen atoms in total. The van der Waals surface area contributed by atoms with Crippen molar-refractivity contribution in [2.75, 3.05) is 13.7 Å². The Labute approximate surface area is 100.0 Å². The second-order valence-corrected chi connectivity index (χ2v) is 4.44. The van der Waals surface area contributed by atoms with E-state index in [1.165, 1.54) is 0 Å². The fourth-order valence-corrected chi connectivity index (χ4v) is 2.55. The Kier molecular flexibility index (Phi) is 3.74. The molecule has 0 amide bonds. The molecule has 94 valence electrons. The van der Waals surface area contributed by atoms with Gasteiger partial charge in [0.2, 0.25) is 0 Å². The Morgan fingerprint density at radius 1 is 1.41 bits per heavy atom. The molecular formula is C13H17F2NO. The van der Waals surface area contributed by atoms with Gasteiger partial charge in [-0.05, 0) is 26.5 Å². The first kappa shape index (κ1) is 12.5. The molecule has 1 N–H and O–H groups in total. The zero-order chi connectivity index (χ0) is 12.4. The molecule has 0 aliphatic carbocycles. The highest BCUT2D eigenvalue weighted by atomic mass is 19.2. The molecule has 1 aliphatic rings. The van der Waals surface area contributed by atoms with E-state index in [9.17, 15) is 8.78 Å². The van der Waals surface area contributed by atoms with Crippen molar-refractivity contribution in [1.82, 2.24) is 5.32 Å². The van der Waals surface area contributed by atoms with E-state index in [1.807, 2.05) is 6.92 Å². The first-order valence-corrected chi connectivity index (χ1v) is 5.88. The molecular weight excluding hydrogens is 224 g/mol. The molecule has 2 rings (SSSR count). The molecule has 0 spiro atoms. The van der Waals surface area contributed by atoms with Gasteiger partial charge in [-0.15, -0.1) is 0 Å². The van der Waals surface area contributed by atoms with E-state index in [2.05, 4.69) is 5.32 Å². The summed E-state index contributed by atoms with van der Waals surface area (Å²) in [5, 5.41) is 3.07. The minimum atomic E-state index is -0.797. The van der Waals surface area contributed by atoms with Crippen molar-refractivity contribution in [3.63, 3.8) is 0 Å². The van der Waals surface area contributed by atoms with E-state index < -0.39 is 11.6 Å². The predicted molar refractivity (Wildman–Crippen MR) is 61.7 cm³/mol. The standard InChI is InChI=1S/C13H17F2NO/c1-8-9(6-7-17-8)13(16-2)10-4-3-5-11(14)12(10)15/h3-5,8-9,13,16H,6-7H2,1-2H3. The first-order valence-electron chi connectivity index (χ1n) is 5.88. The van der Waals surface area contributed by atoms with Crippen LogP contribution in [0.4, 0.5) is 8.78 Å². The van der Waals surface area contributed by atoms with Crippen molar-refractivity contribution >= 4 is 0 Å². The fourth-order valence-electron chi connectivity index (χ4n) is 2.55. The molecule has 0 saturated carbocycles. The van der Waals surface area contributed by atoms with Gasteiger partial charge >= 0.3 is 0 Å². The van der Waals surface area contributed by atoms with Crippen LogP contribution < -0.4 is 5.32 Å². The zero-order valence-corrected chi connectivity index (χ0v) is 10.0. The van der Waals surface area contributed by atoms with Gasteiger partial charge in [0.25, 0.3) is 0 Å². The van der Waals surface area contributed by atoms with Gasteiger partial charge < -0.3 is 10.1 Å². The Morgan fingerprint density at radius 3 is 2.76 bits per heavy atom. The molecule has 1 heterocycles. The van der Waals surface area contributed by atoms with Crippen LogP contribution in [0.5, 0.6) is 0 Å². The number of hydrogen-bond donors (Lipinski definition) is 1. The van der Waals surface area contributed by atoms with E-state index in [4.69, 9.17) is 4.74 Å². The van der Waals surface area contributed by atoms with Gasteiger partial charge in [-0.3, -0.25) is 0 Å². The molecule has 1 aromatic rings. The fraction of sp³-hybridized carbons (Fsp3) is 0.538. The number of hydrogen-bond acceptors (Lipinski definition) is 2. The second kappa shape index (κ2) is 5.10. The molecule has 17 heavy (non-hydrogen) atoms. The molecule has 0 bridgehead atoms. The minimum absolute atomic E-state index is 0.0649. The average Bonchev–Trinajstić information content (AvgIpc) is 2.72. The van der Waals surface area contributed by atoms with Crippen molar-refractivity contribution in [3.05, 3.63) is 35.4 Å². The summed E-state index contributed by atoms with van der Waals surface area (Å²) in [6, 6.07) is 4.10. The second-order valence-electron chi connectivity index (χ2n) is 4.44. The largest absolute Gasteiger partial charge is 0.378 e. The van der Waals surface area contributed by atoms with Crippen LogP contribution in [0.25, 0.3) is 0 Å². The molecule has 4 heteroatoms. The monoisotopic (exact) mass is 241 g/mol. The quantitative estimate of drug-likeness (QED) is 0.878. The maximum Gasteiger partial charge on any atom is 0.163 e. The van der Waals surface area contributed by atoms with Crippen molar-refractivity contribution in [2.24, 2.45) is 5.92 Å². The van der Waals surface area contributed by atoms with Crippen LogP contribution in [0.2, 0.25) is 0 Å². The summed E-state index contributed by atoms with van der Waals surface area (Å²) in [5.74, 6) is -1.38. The number of rotatable bonds is 3. The Balaban J connectivity index is 2.31.